The zero-order chi connectivity index (χ0) is 20.3. The van der Waals surface area contributed by atoms with Gasteiger partial charge in [0.2, 0.25) is 5.95 Å². The quantitative estimate of drug-likeness (QED) is 0.427. The number of thiophene rings is 2. The van der Waals surface area contributed by atoms with Gasteiger partial charge in [-0.05, 0) is 50.4 Å². The second-order valence-corrected chi connectivity index (χ2v) is 10.4. The summed E-state index contributed by atoms with van der Waals surface area (Å²) in [5.74, 6) is -0.500. The van der Waals surface area contributed by atoms with Crippen molar-refractivity contribution < 1.29 is 13.9 Å². The van der Waals surface area contributed by atoms with Gasteiger partial charge in [0, 0.05) is 39.5 Å². The predicted molar refractivity (Wildman–Crippen MR) is 114 cm³/mol. The molecule has 0 aliphatic carbocycles. The molecule has 0 aliphatic heterocycles. The number of halogens is 1. The first-order valence-corrected chi connectivity index (χ1v) is 11.2. The lowest BCUT2D eigenvalue weighted by molar-refractivity contribution is 0.0287. The van der Waals surface area contributed by atoms with Gasteiger partial charge in [0.1, 0.15) is 5.60 Å². The lowest BCUT2D eigenvalue weighted by atomic mass is 10.1. The number of amides is 1. The van der Waals surface area contributed by atoms with Gasteiger partial charge >= 0.3 is 6.09 Å². The Morgan fingerprint density at radius 3 is 2.75 bits per heavy atom. The van der Waals surface area contributed by atoms with Crippen LogP contribution in [0.1, 0.15) is 25.6 Å². The molecule has 0 atom stereocenters. The number of hydrogen-bond donors (Lipinski definition) is 0. The Bertz CT molecular complexity index is 949. The molecule has 3 aromatic heterocycles. The fraction of sp³-hybridized carbons (Fsp3) is 0.300. The molecule has 148 valence electrons. The second-order valence-electron chi connectivity index (χ2n) is 7.15. The van der Waals surface area contributed by atoms with E-state index in [4.69, 9.17) is 4.74 Å². The number of ether oxygens (including phenoxy) is 1. The van der Waals surface area contributed by atoms with Crippen LogP contribution in [0.3, 0.4) is 0 Å². The molecule has 0 unspecified atom stereocenters. The minimum atomic E-state index is -0.551. The molecular formula is C20H21FN2O2S3. The van der Waals surface area contributed by atoms with Gasteiger partial charge in [0.05, 0.1) is 10.8 Å². The van der Waals surface area contributed by atoms with E-state index < -0.39 is 11.5 Å². The van der Waals surface area contributed by atoms with Crippen LogP contribution >= 0.6 is 34.4 Å². The first-order valence-electron chi connectivity index (χ1n) is 8.61. The molecule has 3 rings (SSSR count). The Morgan fingerprint density at radius 2 is 2.11 bits per heavy atom. The zero-order valence-electron chi connectivity index (χ0n) is 16.1. The molecular weight excluding hydrogens is 415 g/mol. The Hall–Kier alpha value is -1.90. The SMILES string of the molecule is CN(Cc1cc(-c2cccnc2F)c(Sc2ccsc2)s1)C(=O)OC(C)(C)C. The summed E-state index contributed by atoms with van der Waals surface area (Å²) in [6.07, 6.45) is 1.05. The fourth-order valence-electron chi connectivity index (χ4n) is 2.41. The summed E-state index contributed by atoms with van der Waals surface area (Å²) in [5, 5.41) is 4.07. The van der Waals surface area contributed by atoms with Gasteiger partial charge in [-0.1, -0.05) is 11.8 Å². The average molecular weight is 437 g/mol. The molecule has 0 saturated heterocycles. The lowest BCUT2D eigenvalue weighted by Gasteiger charge is -2.24. The fourth-order valence-corrected chi connectivity index (χ4v) is 5.73. The highest BCUT2D eigenvalue weighted by molar-refractivity contribution is 8.01. The maximum atomic E-state index is 14.3. The van der Waals surface area contributed by atoms with Gasteiger partial charge in [0.15, 0.2) is 0 Å². The summed E-state index contributed by atoms with van der Waals surface area (Å²) >= 11 is 4.76. The van der Waals surface area contributed by atoms with E-state index in [1.807, 2.05) is 38.3 Å². The molecule has 0 radical (unpaired) electrons. The van der Waals surface area contributed by atoms with Crippen molar-refractivity contribution in [2.24, 2.45) is 0 Å². The number of carbonyl (C=O) groups is 1. The van der Waals surface area contributed by atoms with Crippen LogP contribution in [-0.4, -0.2) is 28.6 Å². The minimum Gasteiger partial charge on any atom is -0.444 e. The number of rotatable bonds is 5. The summed E-state index contributed by atoms with van der Waals surface area (Å²) in [4.78, 5) is 19.6. The number of carbonyl (C=O) groups excluding carboxylic acids is 1. The molecule has 0 saturated carbocycles. The molecule has 0 spiro atoms. The van der Waals surface area contributed by atoms with Crippen LogP contribution in [0.4, 0.5) is 9.18 Å². The summed E-state index contributed by atoms with van der Waals surface area (Å²) < 4.78 is 20.7. The van der Waals surface area contributed by atoms with Crippen molar-refractivity contribution in [3.63, 3.8) is 0 Å². The number of aromatic nitrogens is 1. The van der Waals surface area contributed by atoms with E-state index in [-0.39, 0.29) is 6.09 Å². The van der Waals surface area contributed by atoms with E-state index in [1.165, 1.54) is 11.1 Å². The van der Waals surface area contributed by atoms with Crippen LogP contribution in [0.15, 0.2) is 50.3 Å². The monoisotopic (exact) mass is 436 g/mol. The Balaban J connectivity index is 1.88. The molecule has 0 fully saturated rings. The van der Waals surface area contributed by atoms with Crippen LogP contribution in [0.25, 0.3) is 11.1 Å². The smallest absolute Gasteiger partial charge is 0.410 e. The van der Waals surface area contributed by atoms with E-state index in [9.17, 15) is 9.18 Å². The Labute approximate surface area is 176 Å². The van der Waals surface area contributed by atoms with Crippen LogP contribution in [0.5, 0.6) is 0 Å². The average Bonchev–Trinajstić information content (AvgIpc) is 3.24. The molecule has 3 heterocycles. The molecule has 3 aromatic rings. The third kappa shape index (κ3) is 5.33. The maximum Gasteiger partial charge on any atom is 0.410 e. The second kappa shape index (κ2) is 8.63. The summed E-state index contributed by atoms with van der Waals surface area (Å²) in [6, 6.07) is 7.41. The van der Waals surface area contributed by atoms with Crippen molar-refractivity contribution in [1.29, 1.82) is 0 Å². The van der Waals surface area contributed by atoms with Gasteiger partial charge in [-0.15, -0.1) is 11.3 Å². The normalized spacial score (nSPS) is 11.5. The van der Waals surface area contributed by atoms with E-state index >= 15 is 0 Å². The van der Waals surface area contributed by atoms with Crippen molar-refractivity contribution >= 4 is 40.5 Å². The number of hydrogen-bond acceptors (Lipinski definition) is 6. The zero-order valence-corrected chi connectivity index (χ0v) is 18.5. The third-order valence-electron chi connectivity index (χ3n) is 3.60. The largest absolute Gasteiger partial charge is 0.444 e. The summed E-state index contributed by atoms with van der Waals surface area (Å²) in [5.41, 5.74) is 0.701. The third-order valence-corrected chi connectivity index (χ3v) is 6.74. The number of nitrogens with zero attached hydrogens (tertiary/aromatic N) is 2. The molecule has 8 heteroatoms. The van der Waals surface area contributed by atoms with E-state index in [2.05, 4.69) is 10.4 Å². The summed E-state index contributed by atoms with van der Waals surface area (Å²) in [7, 11) is 1.70. The molecule has 0 bridgehead atoms. The van der Waals surface area contributed by atoms with E-state index in [1.54, 1.807) is 53.6 Å². The van der Waals surface area contributed by atoms with Gasteiger partial charge in [0.25, 0.3) is 0 Å². The molecule has 4 nitrogen and oxygen atoms in total. The number of pyridine rings is 1. The Morgan fingerprint density at radius 1 is 1.32 bits per heavy atom. The Kier molecular flexibility index (Phi) is 6.42. The van der Waals surface area contributed by atoms with Gasteiger partial charge < -0.3 is 9.64 Å². The van der Waals surface area contributed by atoms with Gasteiger partial charge in [-0.3, -0.25) is 0 Å². The highest BCUT2D eigenvalue weighted by Gasteiger charge is 2.22. The maximum absolute atomic E-state index is 14.3. The predicted octanol–water partition coefficient (Wildman–Crippen LogP) is 6.53. The van der Waals surface area contributed by atoms with Crippen molar-refractivity contribution in [2.45, 2.75) is 42.0 Å². The van der Waals surface area contributed by atoms with Crippen LogP contribution in [0.2, 0.25) is 0 Å². The molecule has 0 aliphatic rings. The molecule has 1 amide bonds. The standard InChI is InChI=1S/C20H21FN2O2S3/c1-20(2,3)25-19(24)23(4)11-14-10-16(15-6-5-8-22-17(15)21)18(28-14)27-13-7-9-26-12-13/h5-10,12H,11H2,1-4H3. The van der Waals surface area contributed by atoms with Gasteiger partial charge in [-0.25, -0.2) is 9.78 Å². The molecule has 28 heavy (non-hydrogen) atoms. The highest BCUT2D eigenvalue weighted by Crippen LogP contribution is 2.43. The topological polar surface area (TPSA) is 42.4 Å². The highest BCUT2D eigenvalue weighted by atomic mass is 32.2. The molecule has 0 aromatic carbocycles. The van der Waals surface area contributed by atoms with Crippen molar-refractivity contribution in [1.82, 2.24) is 9.88 Å². The van der Waals surface area contributed by atoms with Crippen LogP contribution < -0.4 is 0 Å². The van der Waals surface area contributed by atoms with Crippen molar-refractivity contribution in [3.05, 3.63) is 52.0 Å². The van der Waals surface area contributed by atoms with Crippen LogP contribution in [0, 0.1) is 5.95 Å². The van der Waals surface area contributed by atoms with Crippen LogP contribution in [-0.2, 0) is 11.3 Å². The summed E-state index contributed by atoms with van der Waals surface area (Å²) in [6.45, 7) is 5.90. The van der Waals surface area contributed by atoms with Crippen molar-refractivity contribution in [2.75, 3.05) is 7.05 Å². The van der Waals surface area contributed by atoms with E-state index in [0.29, 0.717) is 12.1 Å². The molecule has 0 N–H and O–H groups in total. The minimum absolute atomic E-state index is 0.387. The van der Waals surface area contributed by atoms with Crippen molar-refractivity contribution in [3.8, 4) is 11.1 Å². The lowest BCUT2D eigenvalue weighted by Crippen LogP contribution is -2.33. The first-order chi connectivity index (χ1) is 13.2. The van der Waals surface area contributed by atoms with Gasteiger partial charge in [-0.2, -0.15) is 15.7 Å². The first kappa shape index (κ1) is 20.8. The van der Waals surface area contributed by atoms with E-state index in [0.717, 1.165) is 19.5 Å².